The lowest BCUT2D eigenvalue weighted by Crippen LogP contribution is -2.37. The topological polar surface area (TPSA) is 103 Å². The van der Waals surface area contributed by atoms with Gasteiger partial charge in [0.05, 0.1) is 12.6 Å². The summed E-state index contributed by atoms with van der Waals surface area (Å²) in [5.74, 6) is -0.0645. The maximum Gasteiger partial charge on any atom is 0.248 e. The summed E-state index contributed by atoms with van der Waals surface area (Å²) in [6.07, 6.45) is 2.38. The molecule has 0 radical (unpaired) electrons. The molecule has 1 aliphatic heterocycles. The molecule has 1 aliphatic rings. The van der Waals surface area contributed by atoms with Gasteiger partial charge in [0.15, 0.2) is 5.96 Å². The van der Waals surface area contributed by atoms with Crippen molar-refractivity contribution >= 4 is 11.9 Å². The molecule has 0 aromatic heterocycles. The van der Waals surface area contributed by atoms with Crippen molar-refractivity contribution in [2.24, 2.45) is 16.5 Å². The van der Waals surface area contributed by atoms with Gasteiger partial charge in [0, 0.05) is 18.7 Å². The van der Waals surface area contributed by atoms with E-state index in [1.807, 2.05) is 6.07 Å². The summed E-state index contributed by atoms with van der Waals surface area (Å²) in [6, 6.07) is 7.05. The smallest absolute Gasteiger partial charge is 0.248 e. The SMILES string of the molecule is NC(=O)c1cccc(CN=C(N)NCC2CCCO2)c1. The molecule has 0 spiro atoms. The minimum absolute atomic E-state index is 0.224. The number of nitrogens with zero attached hydrogens (tertiary/aromatic N) is 1. The summed E-state index contributed by atoms with van der Waals surface area (Å²) in [4.78, 5) is 15.3. The van der Waals surface area contributed by atoms with Crippen LogP contribution in [0.1, 0.15) is 28.8 Å². The van der Waals surface area contributed by atoms with Crippen molar-refractivity contribution in [2.45, 2.75) is 25.5 Å². The third-order valence-electron chi connectivity index (χ3n) is 3.18. The highest BCUT2D eigenvalue weighted by Gasteiger charge is 2.14. The number of nitrogens with one attached hydrogen (secondary N) is 1. The first-order chi connectivity index (χ1) is 9.65. The Labute approximate surface area is 118 Å². The number of carbonyl (C=O) groups excluding carboxylic acids is 1. The van der Waals surface area contributed by atoms with E-state index in [1.54, 1.807) is 18.2 Å². The molecule has 0 aliphatic carbocycles. The molecule has 1 atom stereocenters. The van der Waals surface area contributed by atoms with Crippen LogP contribution in [0, 0.1) is 0 Å². The van der Waals surface area contributed by atoms with Crippen molar-refractivity contribution in [1.29, 1.82) is 0 Å². The first-order valence-electron chi connectivity index (χ1n) is 6.69. The van der Waals surface area contributed by atoms with Crippen LogP contribution >= 0.6 is 0 Å². The number of carbonyl (C=O) groups is 1. The predicted octanol–water partition coefficient (Wildman–Crippen LogP) is 0.369. The van der Waals surface area contributed by atoms with Crippen molar-refractivity contribution in [3.63, 3.8) is 0 Å². The molecule has 6 heteroatoms. The lowest BCUT2D eigenvalue weighted by atomic mass is 10.1. The Kier molecular flexibility index (Phi) is 4.95. The Hall–Kier alpha value is -2.08. The highest BCUT2D eigenvalue weighted by Crippen LogP contribution is 2.10. The van der Waals surface area contributed by atoms with Gasteiger partial charge >= 0.3 is 0 Å². The van der Waals surface area contributed by atoms with Crippen molar-refractivity contribution in [2.75, 3.05) is 13.2 Å². The lowest BCUT2D eigenvalue weighted by molar-refractivity contribution is 0.1000. The Balaban J connectivity index is 1.84. The van der Waals surface area contributed by atoms with E-state index in [0.717, 1.165) is 25.0 Å². The average Bonchev–Trinajstić information content (AvgIpc) is 2.96. The molecule has 1 unspecified atom stereocenters. The van der Waals surface area contributed by atoms with Crippen LogP contribution in [-0.4, -0.2) is 31.1 Å². The number of rotatable bonds is 5. The van der Waals surface area contributed by atoms with Gasteiger partial charge in [0.25, 0.3) is 0 Å². The van der Waals surface area contributed by atoms with Crippen LogP contribution in [0.2, 0.25) is 0 Å². The van der Waals surface area contributed by atoms with E-state index in [9.17, 15) is 4.79 Å². The van der Waals surface area contributed by atoms with Gasteiger partial charge in [0.2, 0.25) is 5.91 Å². The molecule has 1 aromatic carbocycles. The van der Waals surface area contributed by atoms with Crippen LogP contribution in [0.3, 0.4) is 0 Å². The van der Waals surface area contributed by atoms with E-state index >= 15 is 0 Å². The number of ether oxygens (including phenoxy) is 1. The van der Waals surface area contributed by atoms with Crippen molar-refractivity contribution in [1.82, 2.24) is 5.32 Å². The number of nitrogens with two attached hydrogens (primary N) is 2. The second kappa shape index (κ2) is 6.91. The molecule has 1 saturated heterocycles. The number of hydrogen-bond donors (Lipinski definition) is 3. The summed E-state index contributed by atoms with van der Waals surface area (Å²) < 4.78 is 5.48. The number of hydrogen-bond acceptors (Lipinski definition) is 3. The van der Waals surface area contributed by atoms with Crippen LogP contribution in [0.25, 0.3) is 0 Å². The molecule has 20 heavy (non-hydrogen) atoms. The van der Waals surface area contributed by atoms with E-state index in [1.165, 1.54) is 0 Å². The van der Waals surface area contributed by atoms with Crippen LogP contribution < -0.4 is 16.8 Å². The van der Waals surface area contributed by atoms with Gasteiger partial charge in [-0.15, -0.1) is 0 Å². The van der Waals surface area contributed by atoms with Gasteiger partial charge in [-0.25, -0.2) is 4.99 Å². The lowest BCUT2D eigenvalue weighted by Gasteiger charge is -2.11. The molecule has 0 saturated carbocycles. The quantitative estimate of drug-likeness (QED) is 0.534. The molecule has 6 nitrogen and oxygen atoms in total. The fourth-order valence-corrected chi connectivity index (χ4v) is 2.08. The van der Waals surface area contributed by atoms with Crippen LogP contribution in [0.5, 0.6) is 0 Å². The fourth-order valence-electron chi connectivity index (χ4n) is 2.08. The van der Waals surface area contributed by atoms with Crippen molar-refractivity contribution in [3.05, 3.63) is 35.4 Å². The van der Waals surface area contributed by atoms with Gasteiger partial charge in [-0.3, -0.25) is 4.79 Å². The fraction of sp³-hybridized carbons (Fsp3) is 0.429. The second-order valence-corrected chi connectivity index (χ2v) is 4.78. The molecule has 1 aromatic rings. The van der Waals surface area contributed by atoms with Crippen LogP contribution in [0.4, 0.5) is 0 Å². The summed E-state index contributed by atoms with van der Waals surface area (Å²) >= 11 is 0. The molecule has 0 bridgehead atoms. The minimum Gasteiger partial charge on any atom is -0.376 e. The maximum absolute atomic E-state index is 11.1. The zero-order chi connectivity index (χ0) is 14.4. The predicted molar refractivity (Wildman–Crippen MR) is 77.3 cm³/mol. The first-order valence-corrected chi connectivity index (χ1v) is 6.69. The van der Waals surface area contributed by atoms with Crippen molar-refractivity contribution in [3.8, 4) is 0 Å². The Morgan fingerprint density at radius 1 is 1.45 bits per heavy atom. The number of guanidine groups is 1. The van der Waals surface area contributed by atoms with E-state index in [4.69, 9.17) is 16.2 Å². The van der Waals surface area contributed by atoms with Gasteiger partial charge in [-0.05, 0) is 30.5 Å². The van der Waals surface area contributed by atoms with Crippen LogP contribution in [-0.2, 0) is 11.3 Å². The zero-order valence-corrected chi connectivity index (χ0v) is 11.3. The summed E-state index contributed by atoms with van der Waals surface area (Å²) in [5, 5.41) is 3.04. The van der Waals surface area contributed by atoms with Gasteiger partial charge in [-0.1, -0.05) is 12.1 Å². The molecule has 1 amide bonds. The molecular formula is C14H20N4O2. The third kappa shape index (κ3) is 4.24. The second-order valence-electron chi connectivity index (χ2n) is 4.78. The molecule has 2 rings (SSSR count). The summed E-state index contributed by atoms with van der Waals surface area (Å²) in [5.41, 5.74) is 12.4. The molecule has 1 heterocycles. The van der Waals surface area contributed by atoms with Gasteiger partial charge in [0.1, 0.15) is 0 Å². The third-order valence-corrected chi connectivity index (χ3v) is 3.18. The Morgan fingerprint density at radius 2 is 2.30 bits per heavy atom. The molecule has 1 fully saturated rings. The number of benzene rings is 1. The summed E-state index contributed by atoms with van der Waals surface area (Å²) in [7, 11) is 0. The highest BCUT2D eigenvalue weighted by atomic mass is 16.5. The minimum atomic E-state index is -0.444. The molecule has 5 N–H and O–H groups in total. The zero-order valence-electron chi connectivity index (χ0n) is 11.3. The first kappa shape index (κ1) is 14.3. The Bertz CT molecular complexity index is 496. The van der Waals surface area contributed by atoms with E-state index in [2.05, 4.69) is 10.3 Å². The summed E-state index contributed by atoms with van der Waals surface area (Å²) in [6.45, 7) is 1.91. The average molecular weight is 276 g/mol. The Morgan fingerprint density at radius 3 is 3.00 bits per heavy atom. The number of primary amides is 1. The molecule has 108 valence electrons. The number of aliphatic imine (C=N–C) groups is 1. The standard InChI is InChI=1S/C14H20N4O2/c15-13(19)11-4-1-3-10(7-11)8-17-14(16)18-9-12-5-2-6-20-12/h1,3-4,7,12H,2,5-6,8-9H2,(H2,15,19)(H3,16,17,18). The monoisotopic (exact) mass is 276 g/mol. The maximum atomic E-state index is 11.1. The number of amides is 1. The van der Waals surface area contributed by atoms with Gasteiger partial charge < -0.3 is 21.5 Å². The van der Waals surface area contributed by atoms with Crippen LogP contribution in [0.15, 0.2) is 29.3 Å². The van der Waals surface area contributed by atoms with E-state index < -0.39 is 5.91 Å². The van der Waals surface area contributed by atoms with Gasteiger partial charge in [-0.2, -0.15) is 0 Å². The van der Waals surface area contributed by atoms with Crippen molar-refractivity contribution < 1.29 is 9.53 Å². The van der Waals surface area contributed by atoms with E-state index in [-0.39, 0.29) is 6.10 Å². The molecular weight excluding hydrogens is 256 g/mol. The largest absolute Gasteiger partial charge is 0.376 e. The normalized spacial score (nSPS) is 19.0. The van der Waals surface area contributed by atoms with E-state index in [0.29, 0.717) is 24.6 Å². The highest BCUT2D eigenvalue weighted by molar-refractivity contribution is 5.92.